The van der Waals surface area contributed by atoms with Crippen molar-refractivity contribution in [3.05, 3.63) is 34.4 Å². The molecule has 0 bridgehead atoms. The normalized spacial score (nSPS) is 11.1. The third-order valence-corrected chi connectivity index (χ3v) is 3.43. The minimum absolute atomic E-state index is 0.311. The molecule has 1 nitrogen and oxygen atoms in total. The van der Waals surface area contributed by atoms with E-state index in [0.29, 0.717) is 14.1 Å². The van der Waals surface area contributed by atoms with E-state index in [1.54, 1.807) is 0 Å². The van der Waals surface area contributed by atoms with Gasteiger partial charge in [0.2, 0.25) is 0 Å². The summed E-state index contributed by atoms with van der Waals surface area (Å²) in [6.45, 7) is 8.16. The number of carbonyl (C=O) groups excluding carboxylic acids is 1. The maximum Gasteiger partial charge on any atom is 0.181 e. The molecule has 0 saturated carbocycles. The molecule has 1 atom stereocenters. The van der Waals surface area contributed by atoms with Crippen LogP contribution in [0.25, 0.3) is 0 Å². The van der Waals surface area contributed by atoms with Crippen molar-refractivity contribution < 1.29 is 4.79 Å². The first-order valence-corrected chi connectivity index (χ1v) is 6.13. The van der Waals surface area contributed by atoms with E-state index in [-0.39, 0.29) is 0 Å². The summed E-state index contributed by atoms with van der Waals surface area (Å²) in [5, 5.41) is 0. The first kappa shape index (κ1) is 11.4. The lowest BCUT2D eigenvalue weighted by atomic mass is 9.99. The molecule has 1 aromatic carbocycles. The fourth-order valence-corrected chi connectivity index (χ4v) is 2.43. The van der Waals surface area contributed by atoms with Crippen LogP contribution in [-0.4, -0.2) is 11.7 Å². The van der Waals surface area contributed by atoms with Crippen molar-refractivity contribution in [2.75, 3.05) is 6.16 Å². The summed E-state index contributed by atoms with van der Waals surface area (Å²) in [4.78, 5) is 11.9. The highest BCUT2D eigenvalue weighted by atomic mass is 31.1. The van der Waals surface area contributed by atoms with Crippen LogP contribution in [0.5, 0.6) is 0 Å². The molecule has 0 radical (unpaired) electrons. The standard InChI is InChI=1S/C12H17OP/c1-5-14-12(13)11-9(3)7-6-8(2)10(11)4/h6-7,14H,5H2,1-4H3. The number of aryl methyl sites for hydroxylation is 2. The molecule has 0 heterocycles. The Kier molecular flexibility index (Phi) is 3.83. The first-order chi connectivity index (χ1) is 6.57. The van der Waals surface area contributed by atoms with E-state index in [0.717, 1.165) is 22.9 Å². The quantitative estimate of drug-likeness (QED) is 0.695. The van der Waals surface area contributed by atoms with E-state index in [4.69, 9.17) is 0 Å². The van der Waals surface area contributed by atoms with Gasteiger partial charge in [-0.15, -0.1) is 0 Å². The van der Waals surface area contributed by atoms with Crippen LogP contribution < -0.4 is 0 Å². The van der Waals surface area contributed by atoms with Crippen LogP contribution in [-0.2, 0) is 0 Å². The Morgan fingerprint density at radius 1 is 1.21 bits per heavy atom. The Morgan fingerprint density at radius 3 is 2.36 bits per heavy atom. The van der Waals surface area contributed by atoms with Crippen LogP contribution in [0.1, 0.15) is 34.0 Å². The van der Waals surface area contributed by atoms with E-state index in [1.807, 2.05) is 19.9 Å². The van der Waals surface area contributed by atoms with Gasteiger partial charge in [-0.1, -0.05) is 19.1 Å². The fourth-order valence-electron chi connectivity index (χ4n) is 1.55. The van der Waals surface area contributed by atoms with E-state index in [9.17, 15) is 4.79 Å². The van der Waals surface area contributed by atoms with Crippen LogP contribution in [0.4, 0.5) is 0 Å². The van der Waals surface area contributed by atoms with Crippen LogP contribution in [0.3, 0.4) is 0 Å². The number of rotatable bonds is 3. The zero-order chi connectivity index (χ0) is 10.7. The summed E-state index contributed by atoms with van der Waals surface area (Å²) in [5.41, 5.74) is 4.73. The van der Waals surface area contributed by atoms with Crippen molar-refractivity contribution in [3.63, 3.8) is 0 Å². The Balaban J connectivity index is 3.18. The van der Waals surface area contributed by atoms with Crippen molar-refractivity contribution in [2.24, 2.45) is 0 Å². The molecule has 1 unspecified atom stereocenters. The largest absolute Gasteiger partial charge is 0.289 e. The van der Waals surface area contributed by atoms with Gasteiger partial charge >= 0.3 is 0 Å². The molecule has 0 N–H and O–H groups in total. The molecule has 0 aromatic heterocycles. The molecule has 14 heavy (non-hydrogen) atoms. The number of benzene rings is 1. The highest BCUT2D eigenvalue weighted by Gasteiger charge is 2.12. The van der Waals surface area contributed by atoms with Crippen molar-refractivity contribution >= 4 is 14.1 Å². The van der Waals surface area contributed by atoms with E-state index in [2.05, 4.69) is 19.9 Å². The molecule has 1 aromatic rings. The summed E-state index contributed by atoms with van der Waals surface area (Å²) in [5.74, 6) is 0. The average Bonchev–Trinajstić information content (AvgIpc) is 2.13. The van der Waals surface area contributed by atoms with E-state index < -0.39 is 0 Å². The van der Waals surface area contributed by atoms with E-state index in [1.165, 1.54) is 5.56 Å². The second-order valence-electron chi connectivity index (χ2n) is 3.56. The molecule has 0 aliphatic heterocycles. The Morgan fingerprint density at radius 2 is 1.79 bits per heavy atom. The minimum atomic E-state index is 0.311. The van der Waals surface area contributed by atoms with Crippen molar-refractivity contribution in [3.8, 4) is 0 Å². The topological polar surface area (TPSA) is 17.1 Å². The van der Waals surface area contributed by atoms with Crippen molar-refractivity contribution in [2.45, 2.75) is 27.7 Å². The van der Waals surface area contributed by atoms with E-state index >= 15 is 0 Å². The van der Waals surface area contributed by atoms with Gasteiger partial charge in [0.15, 0.2) is 5.52 Å². The van der Waals surface area contributed by atoms with Gasteiger partial charge in [0.25, 0.3) is 0 Å². The lowest BCUT2D eigenvalue weighted by Gasteiger charge is -2.10. The second-order valence-corrected chi connectivity index (χ2v) is 5.07. The average molecular weight is 208 g/mol. The zero-order valence-corrected chi connectivity index (χ0v) is 10.3. The summed E-state index contributed by atoms with van der Waals surface area (Å²) < 4.78 is 0. The Hall–Kier alpha value is -0.680. The molecule has 1 rings (SSSR count). The van der Waals surface area contributed by atoms with Gasteiger partial charge < -0.3 is 0 Å². The number of carbonyl (C=O) groups is 1. The number of hydrogen-bond donors (Lipinski definition) is 0. The third-order valence-electron chi connectivity index (χ3n) is 2.51. The number of hydrogen-bond acceptors (Lipinski definition) is 1. The van der Waals surface area contributed by atoms with Crippen molar-refractivity contribution in [1.29, 1.82) is 0 Å². The minimum Gasteiger partial charge on any atom is -0.289 e. The van der Waals surface area contributed by atoms with Gasteiger partial charge in [-0.3, -0.25) is 4.79 Å². The van der Waals surface area contributed by atoms with Crippen LogP contribution in [0.2, 0.25) is 0 Å². The predicted molar refractivity (Wildman–Crippen MR) is 63.8 cm³/mol. The summed E-state index contributed by atoms with van der Waals surface area (Å²) in [7, 11) is 0.416. The summed E-state index contributed by atoms with van der Waals surface area (Å²) >= 11 is 0. The van der Waals surface area contributed by atoms with Gasteiger partial charge in [0.1, 0.15) is 0 Å². The second kappa shape index (κ2) is 4.70. The van der Waals surface area contributed by atoms with Gasteiger partial charge in [-0.2, -0.15) is 0 Å². The summed E-state index contributed by atoms with van der Waals surface area (Å²) in [6, 6.07) is 4.12. The van der Waals surface area contributed by atoms with Crippen LogP contribution in [0, 0.1) is 20.8 Å². The molecule has 0 spiro atoms. The molecular weight excluding hydrogens is 191 g/mol. The SMILES string of the molecule is CCPC(=O)c1c(C)ccc(C)c1C. The van der Waals surface area contributed by atoms with Gasteiger partial charge in [0, 0.05) is 5.56 Å². The van der Waals surface area contributed by atoms with Crippen LogP contribution >= 0.6 is 8.58 Å². The first-order valence-electron chi connectivity index (χ1n) is 4.93. The van der Waals surface area contributed by atoms with Gasteiger partial charge in [0.05, 0.1) is 0 Å². The molecule has 0 aliphatic carbocycles. The molecule has 0 amide bonds. The lowest BCUT2D eigenvalue weighted by Crippen LogP contribution is -2.01. The summed E-state index contributed by atoms with van der Waals surface area (Å²) in [6.07, 6.45) is 0.950. The third kappa shape index (κ3) is 2.22. The highest BCUT2D eigenvalue weighted by Crippen LogP contribution is 2.25. The van der Waals surface area contributed by atoms with Gasteiger partial charge in [-0.25, -0.2) is 0 Å². The molecular formula is C12H17OP. The van der Waals surface area contributed by atoms with Crippen molar-refractivity contribution in [1.82, 2.24) is 0 Å². The lowest BCUT2D eigenvalue weighted by molar-refractivity contribution is 0.108. The molecule has 0 fully saturated rings. The van der Waals surface area contributed by atoms with Gasteiger partial charge in [-0.05, 0) is 52.2 Å². The molecule has 76 valence electrons. The molecule has 2 heteroatoms. The fraction of sp³-hybridized carbons (Fsp3) is 0.417. The maximum atomic E-state index is 11.9. The predicted octanol–water partition coefficient (Wildman–Crippen LogP) is 3.45. The monoisotopic (exact) mass is 208 g/mol. The smallest absolute Gasteiger partial charge is 0.181 e. The highest BCUT2D eigenvalue weighted by molar-refractivity contribution is 7.58. The van der Waals surface area contributed by atoms with Crippen LogP contribution in [0.15, 0.2) is 12.1 Å². The molecule has 0 aliphatic rings. The molecule has 0 saturated heterocycles. The zero-order valence-electron chi connectivity index (χ0n) is 9.27. The Labute approximate surface area is 87.7 Å². The maximum absolute atomic E-state index is 11.9. The Bertz CT molecular complexity index is 356.